The summed E-state index contributed by atoms with van der Waals surface area (Å²) in [7, 11) is 0. The number of hydrogen-bond donors (Lipinski definition) is 1. The van der Waals surface area contributed by atoms with Crippen molar-refractivity contribution in [2.24, 2.45) is 0 Å². The molecule has 0 fully saturated rings. The summed E-state index contributed by atoms with van der Waals surface area (Å²) in [6.07, 6.45) is 0.724. The van der Waals surface area contributed by atoms with E-state index in [4.69, 9.17) is 9.47 Å². The molecular formula is C13H19BrINO2. The van der Waals surface area contributed by atoms with Gasteiger partial charge in [-0.25, -0.2) is 0 Å². The monoisotopic (exact) mass is 427 g/mol. The average Bonchev–Trinajstić information content (AvgIpc) is 2.34. The van der Waals surface area contributed by atoms with Crippen molar-refractivity contribution in [3.05, 3.63) is 26.2 Å². The predicted molar refractivity (Wildman–Crippen MR) is 87.0 cm³/mol. The van der Waals surface area contributed by atoms with E-state index in [2.05, 4.69) is 56.0 Å². The second-order valence-corrected chi connectivity index (χ2v) is 5.76. The molecule has 0 aromatic heterocycles. The molecule has 1 aromatic rings. The lowest BCUT2D eigenvalue weighted by Crippen LogP contribution is -2.21. The van der Waals surface area contributed by atoms with Crippen molar-refractivity contribution in [1.82, 2.24) is 0 Å². The van der Waals surface area contributed by atoms with Gasteiger partial charge in [-0.3, -0.25) is 0 Å². The molecule has 0 heterocycles. The molecule has 0 bridgehead atoms. The highest BCUT2D eigenvalue weighted by Crippen LogP contribution is 2.22. The fourth-order valence-electron chi connectivity index (χ4n) is 1.54. The van der Waals surface area contributed by atoms with Crippen LogP contribution in [0.2, 0.25) is 0 Å². The molecule has 18 heavy (non-hydrogen) atoms. The van der Waals surface area contributed by atoms with Crippen LogP contribution in [0.4, 0.5) is 5.69 Å². The van der Waals surface area contributed by atoms with Gasteiger partial charge in [-0.1, -0.05) is 15.9 Å². The van der Waals surface area contributed by atoms with Gasteiger partial charge in [-0.05, 0) is 54.6 Å². The van der Waals surface area contributed by atoms with Crippen LogP contribution in [-0.2, 0) is 9.47 Å². The van der Waals surface area contributed by atoms with E-state index in [0.29, 0.717) is 13.2 Å². The zero-order valence-electron chi connectivity index (χ0n) is 10.7. The van der Waals surface area contributed by atoms with Gasteiger partial charge in [0.2, 0.25) is 0 Å². The van der Waals surface area contributed by atoms with E-state index in [-0.39, 0.29) is 6.29 Å². The van der Waals surface area contributed by atoms with Gasteiger partial charge in [0.15, 0.2) is 6.29 Å². The molecule has 1 aromatic carbocycles. The molecule has 0 saturated carbocycles. The van der Waals surface area contributed by atoms with E-state index in [1.54, 1.807) is 0 Å². The Morgan fingerprint density at radius 3 is 2.56 bits per heavy atom. The maximum absolute atomic E-state index is 5.50. The molecule has 3 nitrogen and oxygen atoms in total. The first-order chi connectivity index (χ1) is 8.67. The van der Waals surface area contributed by atoms with E-state index in [1.165, 1.54) is 3.57 Å². The molecule has 0 saturated heterocycles. The average molecular weight is 428 g/mol. The first-order valence-corrected chi connectivity index (χ1v) is 7.96. The molecule has 0 spiro atoms. The van der Waals surface area contributed by atoms with Crippen LogP contribution in [0.5, 0.6) is 0 Å². The van der Waals surface area contributed by atoms with Crippen molar-refractivity contribution in [3.8, 4) is 0 Å². The largest absolute Gasteiger partial charge is 0.384 e. The van der Waals surface area contributed by atoms with Crippen LogP contribution in [0, 0.1) is 3.57 Å². The number of nitrogens with one attached hydrogen (secondary N) is 1. The van der Waals surface area contributed by atoms with E-state index in [0.717, 1.165) is 23.1 Å². The fourth-order valence-corrected chi connectivity index (χ4v) is 2.43. The minimum Gasteiger partial charge on any atom is -0.384 e. The van der Waals surface area contributed by atoms with Crippen molar-refractivity contribution in [2.45, 2.75) is 26.6 Å². The van der Waals surface area contributed by atoms with Crippen molar-refractivity contribution in [3.63, 3.8) is 0 Å². The second-order valence-electron chi connectivity index (χ2n) is 3.68. The molecule has 5 heteroatoms. The first-order valence-electron chi connectivity index (χ1n) is 6.09. The summed E-state index contributed by atoms with van der Waals surface area (Å²) >= 11 is 5.80. The van der Waals surface area contributed by atoms with E-state index in [9.17, 15) is 0 Å². The summed E-state index contributed by atoms with van der Waals surface area (Å²) in [5.41, 5.74) is 1.14. The quantitative estimate of drug-likeness (QED) is 0.496. The van der Waals surface area contributed by atoms with Gasteiger partial charge in [0, 0.05) is 39.9 Å². The summed E-state index contributed by atoms with van der Waals surface area (Å²) in [4.78, 5) is 0. The van der Waals surface area contributed by atoms with Gasteiger partial charge >= 0.3 is 0 Å². The van der Waals surface area contributed by atoms with Gasteiger partial charge in [0.1, 0.15) is 0 Å². The molecule has 0 unspecified atom stereocenters. The van der Waals surface area contributed by atoms with Gasteiger partial charge in [0.25, 0.3) is 0 Å². The highest BCUT2D eigenvalue weighted by molar-refractivity contribution is 14.1. The lowest BCUT2D eigenvalue weighted by Gasteiger charge is -2.17. The Morgan fingerprint density at radius 1 is 1.28 bits per heavy atom. The summed E-state index contributed by atoms with van der Waals surface area (Å²) < 4.78 is 13.3. The number of ether oxygens (including phenoxy) is 2. The minimum atomic E-state index is -0.114. The Hall–Kier alpha value is 0.150. The highest BCUT2D eigenvalue weighted by Gasteiger charge is 2.07. The number of benzene rings is 1. The highest BCUT2D eigenvalue weighted by atomic mass is 127. The second kappa shape index (κ2) is 9.12. The minimum absolute atomic E-state index is 0.114. The molecule has 0 aliphatic heterocycles. The third kappa shape index (κ3) is 5.86. The zero-order valence-corrected chi connectivity index (χ0v) is 14.5. The topological polar surface area (TPSA) is 30.5 Å². The number of halogens is 2. The van der Waals surface area contributed by atoms with Crippen LogP contribution in [0.25, 0.3) is 0 Å². The third-order valence-electron chi connectivity index (χ3n) is 2.33. The number of rotatable bonds is 8. The SMILES string of the molecule is CCOC(CCNc1cc(Br)ccc1I)OCC. The molecule has 102 valence electrons. The van der Waals surface area contributed by atoms with Crippen molar-refractivity contribution >= 4 is 44.2 Å². The van der Waals surface area contributed by atoms with Gasteiger partial charge in [-0.15, -0.1) is 0 Å². The van der Waals surface area contributed by atoms with Gasteiger partial charge < -0.3 is 14.8 Å². The number of hydrogen-bond acceptors (Lipinski definition) is 3. The van der Waals surface area contributed by atoms with Crippen LogP contribution < -0.4 is 5.32 Å². The van der Waals surface area contributed by atoms with Crippen molar-refractivity contribution in [1.29, 1.82) is 0 Å². The maximum Gasteiger partial charge on any atom is 0.159 e. The molecule has 0 atom stereocenters. The van der Waals surface area contributed by atoms with Crippen LogP contribution in [0.1, 0.15) is 20.3 Å². The summed E-state index contributed by atoms with van der Waals surface area (Å²) in [6.45, 7) is 6.16. The van der Waals surface area contributed by atoms with E-state index >= 15 is 0 Å². The lowest BCUT2D eigenvalue weighted by atomic mass is 10.3. The Kier molecular flexibility index (Phi) is 8.21. The maximum atomic E-state index is 5.50. The van der Waals surface area contributed by atoms with Crippen LogP contribution in [0.15, 0.2) is 22.7 Å². The Bertz CT molecular complexity index is 357. The molecule has 1 rings (SSSR count). The van der Waals surface area contributed by atoms with Crippen molar-refractivity contribution in [2.75, 3.05) is 25.1 Å². The predicted octanol–water partition coefficient (Wildman–Crippen LogP) is 4.25. The summed E-state index contributed by atoms with van der Waals surface area (Å²) in [6, 6.07) is 6.20. The zero-order chi connectivity index (χ0) is 13.4. The first kappa shape index (κ1) is 16.2. The van der Waals surface area contributed by atoms with Crippen LogP contribution >= 0.6 is 38.5 Å². The van der Waals surface area contributed by atoms with Crippen LogP contribution in [0.3, 0.4) is 0 Å². The third-order valence-corrected chi connectivity index (χ3v) is 3.76. The fraction of sp³-hybridized carbons (Fsp3) is 0.538. The molecule has 0 aliphatic rings. The Morgan fingerprint density at radius 2 is 1.94 bits per heavy atom. The Labute approximate surface area is 131 Å². The molecule has 0 radical (unpaired) electrons. The molecule has 0 amide bonds. The van der Waals surface area contributed by atoms with Gasteiger partial charge in [0.05, 0.1) is 0 Å². The smallest absolute Gasteiger partial charge is 0.159 e. The molecule has 1 N–H and O–H groups in total. The summed E-state index contributed by atoms with van der Waals surface area (Å²) in [5.74, 6) is 0. The van der Waals surface area contributed by atoms with Crippen molar-refractivity contribution < 1.29 is 9.47 Å². The summed E-state index contributed by atoms with van der Waals surface area (Å²) in [5, 5.41) is 3.40. The van der Waals surface area contributed by atoms with E-state index in [1.807, 2.05) is 19.9 Å². The van der Waals surface area contributed by atoms with Gasteiger partial charge in [-0.2, -0.15) is 0 Å². The van der Waals surface area contributed by atoms with E-state index < -0.39 is 0 Å². The standard InChI is InChI=1S/C13H19BrINO2/c1-3-17-13(18-4-2)7-8-16-12-9-10(14)5-6-11(12)15/h5-6,9,13,16H,3-4,7-8H2,1-2H3. The lowest BCUT2D eigenvalue weighted by molar-refractivity contribution is -0.137. The Balaban J connectivity index is 2.41. The van der Waals surface area contributed by atoms with Crippen LogP contribution in [-0.4, -0.2) is 26.0 Å². The normalized spacial score (nSPS) is 10.9. The number of anilines is 1. The molecular weight excluding hydrogens is 409 g/mol. The molecule has 0 aliphatic carbocycles.